The third-order valence-electron chi connectivity index (χ3n) is 2.57. The first-order valence-corrected chi connectivity index (χ1v) is 6.25. The fraction of sp³-hybridized carbons (Fsp3) is 0.385. The van der Waals surface area contributed by atoms with Gasteiger partial charge in [0.25, 0.3) is 0 Å². The molecule has 0 spiro atoms. The van der Waals surface area contributed by atoms with Gasteiger partial charge in [-0.2, -0.15) is 0 Å². The Hall–Kier alpha value is -0.910. The van der Waals surface area contributed by atoms with E-state index < -0.39 is 0 Å². The lowest BCUT2D eigenvalue weighted by Crippen LogP contribution is -2.24. The predicted octanol–water partition coefficient (Wildman–Crippen LogP) is 2.84. The first-order chi connectivity index (χ1) is 7.42. The van der Waals surface area contributed by atoms with E-state index in [1.165, 1.54) is 22.6 Å². The Morgan fingerprint density at radius 3 is 3.20 bits per heavy atom. The van der Waals surface area contributed by atoms with Gasteiger partial charge in [-0.1, -0.05) is 24.1 Å². The van der Waals surface area contributed by atoms with Crippen molar-refractivity contribution in [1.29, 1.82) is 0 Å². The van der Waals surface area contributed by atoms with Crippen LogP contribution in [0.2, 0.25) is 0 Å². The molecule has 0 saturated heterocycles. The molecule has 0 fully saturated rings. The normalized spacial score (nSPS) is 18.9. The summed E-state index contributed by atoms with van der Waals surface area (Å²) in [7, 11) is 0. The summed E-state index contributed by atoms with van der Waals surface area (Å²) in [6.45, 7) is 2.67. The van der Waals surface area contributed by atoms with Gasteiger partial charge in [-0.3, -0.25) is 5.32 Å². The van der Waals surface area contributed by atoms with E-state index in [-0.39, 0.29) is 0 Å². The van der Waals surface area contributed by atoms with Crippen molar-refractivity contribution < 1.29 is 0 Å². The SMILES string of the molecule is CC#CCNC1CCSc2ccccc21. The van der Waals surface area contributed by atoms with Crippen LogP contribution in [0.1, 0.15) is 24.9 Å². The van der Waals surface area contributed by atoms with E-state index in [0.717, 1.165) is 6.54 Å². The minimum absolute atomic E-state index is 0.489. The molecule has 1 aromatic carbocycles. The number of hydrogen-bond acceptors (Lipinski definition) is 2. The van der Waals surface area contributed by atoms with Crippen LogP contribution in [0.5, 0.6) is 0 Å². The number of hydrogen-bond donors (Lipinski definition) is 1. The van der Waals surface area contributed by atoms with Gasteiger partial charge >= 0.3 is 0 Å². The van der Waals surface area contributed by atoms with E-state index in [0.29, 0.717) is 6.04 Å². The van der Waals surface area contributed by atoms with Crippen molar-refractivity contribution in [3.63, 3.8) is 0 Å². The molecule has 1 aliphatic heterocycles. The Kier molecular flexibility index (Phi) is 3.71. The Labute approximate surface area is 95.7 Å². The highest BCUT2D eigenvalue weighted by atomic mass is 32.2. The smallest absolute Gasteiger partial charge is 0.0581 e. The minimum atomic E-state index is 0.489. The topological polar surface area (TPSA) is 12.0 Å². The van der Waals surface area contributed by atoms with E-state index in [4.69, 9.17) is 0 Å². The zero-order valence-corrected chi connectivity index (χ0v) is 9.73. The van der Waals surface area contributed by atoms with Crippen LogP contribution < -0.4 is 5.32 Å². The molecule has 0 aromatic heterocycles. The molecule has 0 aliphatic carbocycles. The number of rotatable bonds is 2. The van der Waals surface area contributed by atoms with Crippen LogP contribution in [0.25, 0.3) is 0 Å². The fourth-order valence-corrected chi connectivity index (χ4v) is 2.94. The van der Waals surface area contributed by atoms with Crippen molar-refractivity contribution in [3.8, 4) is 11.8 Å². The standard InChI is InChI=1S/C13H15NS/c1-2-3-9-14-12-8-10-15-13-7-5-4-6-11(12)13/h4-7,12,14H,8-10H2,1H3. The third-order valence-corrected chi connectivity index (χ3v) is 3.69. The Morgan fingerprint density at radius 1 is 1.47 bits per heavy atom. The van der Waals surface area contributed by atoms with Crippen LogP contribution in [0.4, 0.5) is 0 Å². The lowest BCUT2D eigenvalue weighted by Gasteiger charge is -2.25. The summed E-state index contributed by atoms with van der Waals surface area (Å²) in [4.78, 5) is 1.42. The molecule has 1 heterocycles. The first-order valence-electron chi connectivity index (χ1n) is 5.26. The number of fused-ring (bicyclic) bond motifs is 1. The fourth-order valence-electron chi connectivity index (χ4n) is 1.82. The molecular weight excluding hydrogens is 202 g/mol. The molecule has 0 radical (unpaired) electrons. The summed E-state index contributed by atoms with van der Waals surface area (Å²) >= 11 is 1.96. The van der Waals surface area contributed by atoms with E-state index >= 15 is 0 Å². The molecule has 1 N–H and O–H groups in total. The summed E-state index contributed by atoms with van der Waals surface area (Å²) < 4.78 is 0. The van der Waals surface area contributed by atoms with Crippen LogP contribution in [-0.4, -0.2) is 12.3 Å². The van der Waals surface area contributed by atoms with Crippen molar-refractivity contribution in [2.75, 3.05) is 12.3 Å². The first kappa shape index (κ1) is 10.6. The van der Waals surface area contributed by atoms with Crippen molar-refractivity contribution in [3.05, 3.63) is 29.8 Å². The third kappa shape index (κ3) is 2.56. The monoisotopic (exact) mass is 217 g/mol. The minimum Gasteiger partial charge on any atom is -0.299 e. The quantitative estimate of drug-likeness (QED) is 0.765. The molecule has 2 rings (SSSR count). The van der Waals surface area contributed by atoms with Crippen molar-refractivity contribution in [2.45, 2.75) is 24.3 Å². The summed E-state index contributed by atoms with van der Waals surface area (Å²) in [5.41, 5.74) is 1.44. The molecule has 1 aromatic rings. The highest BCUT2D eigenvalue weighted by Gasteiger charge is 2.18. The lowest BCUT2D eigenvalue weighted by atomic mass is 10.0. The summed E-state index contributed by atoms with van der Waals surface area (Å²) in [5.74, 6) is 7.17. The van der Waals surface area contributed by atoms with Crippen molar-refractivity contribution in [1.82, 2.24) is 5.32 Å². The van der Waals surface area contributed by atoms with Crippen LogP contribution >= 0.6 is 11.8 Å². The summed E-state index contributed by atoms with van der Waals surface area (Å²) in [6, 6.07) is 9.14. The zero-order valence-electron chi connectivity index (χ0n) is 8.92. The molecule has 1 aliphatic rings. The molecule has 78 valence electrons. The molecule has 2 heteroatoms. The summed E-state index contributed by atoms with van der Waals surface area (Å²) in [6.07, 6.45) is 1.20. The number of nitrogens with one attached hydrogen (secondary N) is 1. The predicted molar refractivity (Wildman–Crippen MR) is 66.0 cm³/mol. The Bertz CT molecular complexity index is 389. The van der Waals surface area contributed by atoms with Gasteiger partial charge in [0.05, 0.1) is 6.54 Å². The average Bonchev–Trinajstić information content (AvgIpc) is 2.30. The highest BCUT2D eigenvalue weighted by Crippen LogP contribution is 2.35. The van der Waals surface area contributed by atoms with Gasteiger partial charge < -0.3 is 0 Å². The molecule has 0 saturated carbocycles. The number of thioether (sulfide) groups is 1. The molecule has 15 heavy (non-hydrogen) atoms. The van der Waals surface area contributed by atoms with E-state index in [2.05, 4.69) is 41.4 Å². The Balaban J connectivity index is 2.10. The van der Waals surface area contributed by atoms with Crippen LogP contribution in [0, 0.1) is 11.8 Å². The second-order valence-corrected chi connectivity index (χ2v) is 4.67. The summed E-state index contributed by atoms with van der Waals surface area (Å²) in [5, 5.41) is 3.49. The Morgan fingerprint density at radius 2 is 2.33 bits per heavy atom. The van der Waals surface area contributed by atoms with Gasteiger partial charge in [0.2, 0.25) is 0 Å². The van der Waals surface area contributed by atoms with Gasteiger partial charge in [0.15, 0.2) is 0 Å². The van der Waals surface area contributed by atoms with Gasteiger partial charge in [-0.05, 0) is 30.7 Å². The van der Waals surface area contributed by atoms with Crippen molar-refractivity contribution >= 4 is 11.8 Å². The molecule has 1 atom stereocenters. The molecular formula is C13H15NS. The molecule has 1 nitrogen and oxygen atoms in total. The average molecular weight is 217 g/mol. The van der Waals surface area contributed by atoms with Crippen molar-refractivity contribution in [2.24, 2.45) is 0 Å². The highest BCUT2D eigenvalue weighted by molar-refractivity contribution is 7.99. The van der Waals surface area contributed by atoms with Crippen LogP contribution in [-0.2, 0) is 0 Å². The number of benzene rings is 1. The van der Waals surface area contributed by atoms with E-state index in [9.17, 15) is 0 Å². The maximum Gasteiger partial charge on any atom is 0.0581 e. The largest absolute Gasteiger partial charge is 0.299 e. The van der Waals surface area contributed by atoms with Gasteiger partial charge in [-0.25, -0.2) is 0 Å². The maximum absolute atomic E-state index is 3.49. The second-order valence-electron chi connectivity index (χ2n) is 3.54. The van der Waals surface area contributed by atoms with Gasteiger partial charge in [-0.15, -0.1) is 17.7 Å². The van der Waals surface area contributed by atoms with Crippen LogP contribution in [0.3, 0.4) is 0 Å². The second kappa shape index (κ2) is 5.25. The van der Waals surface area contributed by atoms with Crippen LogP contribution in [0.15, 0.2) is 29.2 Å². The van der Waals surface area contributed by atoms with E-state index in [1.807, 2.05) is 18.7 Å². The molecule has 1 unspecified atom stereocenters. The van der Waals surface area contributed by atoms with E-state index in [1.54, 1.807) is 0 Å². The zero-order chi connectivity index (χ0) is 10.5. The van der Waals surface area contributed by atoms with Gasteiger partial charge in [0.1, 0.15) is 0 Å². The lowest BCUT2D eigenvalue weighted by molar-refractivity contribution is 0.545. The molecule has 0 bridgehead atoms. The van der Waals surface area contributed by atoms with Gasteiger partial charge in [0, 0.05) is 10.9 Å². The molecule has 0 amide bonds. The maximum atomic E-state index is 3.49.